The Bertz CT molecular complexity index is 983. The lowest BCUT2D eigenvalue weighted by Crippen LogP contribution is -2.42. The van der Waals surface area contributed by atoms with E-state index in [0.29, 0.717) is 18.8 Å². The summed E-state index contributed by atoms with van der Waals surface area (Å²) in [6.07, 6.45) is 0.863. The molecule has 1 aliphatic rings. The fourth-order valence-electron chi connectivity index (χ4n) is 2.88. The molecular formula is C20H23N3O5S. The van der Waals surface area contributed by atoms with Gasteiger partial charge in [-0.25, -0.2) is 8.42 Å². The summed E-state index contributed by atoms with van der Waals surface area (Å²) in [5.74, 6) is -1.07. The van der Waals surface area contributed by atoms with Crippen molar-refractivity contribution in [3.63, 3.8) is 0 Å². The van der Waals surface area contributed by atoms with Crippen molar-refractivity contribution in [2.75, 3.05) is 26.3 Å². The van der Waals surface area contributed by atoms with E-state index in [4.69, 9.17) is 4.74 Å². The van der Waals surface area contributed by atoms with Crippen LogP contribution in [-0.2, 0) is 21.2 Å². The molecule has 8 nitrogen and oxygen atoms in total. The van der Waals surface area contributed by atoms with E-state index in [9.17, 15) is 18.0 Å². The number of hydrogen-bond donors (Lipinski definition) is 2. The maximum absolute atomic E-state index is 12.7. The average Bonchev–Trinajstić information content (AvgIpc) is 2.78. The number of aryl methyl sites for hydroxylation is 1. The number of carbonyl (C=O) groups excluding carboxylic acids is 2. The predicted molar refractivity (Wildman–Crippen MR) is 107 cm³/mol. The quantitative estimate of drug-likeness (QED) is 0.715. The molecule has 1 aliphatic heterocycles. The van der Waals surface area contributed by atoms with E-state index in [1.54, 1.807) is 12.1 Å². The highest BCUT2D eigenvalue weighted by atomic mass is 32.2. The number of ether oxygens (including phenoxy) is 1. The van der Waals surface area contributed by atoms with Crippen molar-refractivity contribution in [1.29, 1.82) is 0 Å². The molecule has 0 saturated carbocycles. The Morgan fingerprint density at radius 3 is 2.21 bits per heavy atom. The second-order valence-electron chi connectivity index (χ2n) is 6.50. The summed E-state index contributed by atoms with van der Waals surface area (Å²) in [5.41, 5.74) is 6.29. The van der Waals surface area contributed by atoms with Crippen LogP contribution in [0.5, 0.6) is 0 Å². The summed E-state index contributed by atoms with van der Waals surface area (Å²) < 4.78 is 32.0. The van der Waals surface area contributed by atoms with E-state index in [0.717, 1.165) is 12.0 Å². The number of hydrazine groups is 1. The minimum atomic E-state index is -3.71. The first-order valence-electron chi connectivity index (χ1n) is 9.29. The third-order valence-electron chi connectivity index (χ3n) is 4.62. The molecule has 0 unspecified atom stereocenters. The summed E-state index contributed by atoms with van der Waals surface area (Å²) in [6, 6.07) is 12.8. The molecule has 1 heterocycles. The Morgan fingerprint density at radius 2 is 1.59 bits per heavy atom. The number of nitrogens with zero attached hydrogens (tertiary/aromatic N) is 1. The van der Waals surface area contributed by atoms with Crippen molar-refractivity contribution in [2.45, 2.75) is 18.2 Å². The van der Waals surface area contributed by atoms with Crippen molar-refractivity contribution in [3.05, 3.63) is 65.2 Å². The Morgan fingerprint density at radius 1 is 0.966 bits per heavy atom. The van der Waals surface area contributed by atoms with Gasteiger partial charge in [0.05, 0.1) is 18.1 Å². The molecule has 0 atom stereocenters. The normalized spacial score (nSPS) is 14.9. The van der Waals surface area contributed by atoms with Gasteiger partial charge in [0.2, 0.25) is 10.0 Å². The predicted octanol–water partition coefficient (Wildman–Crippen LogP) is 1.34. The molecule has 0 aromatic heterocycles. The van der Waals surface area contributed by atoms with Gasteiger partial charge in [0.15, 0.2) is 0 Å². The number of carbonyl (C=O) groups is 2. The number of morpholine rings is 1. The first kappa shape index (κ1) is 21.0. The summed E-state index contributed by atoms with van der Waals surface area (Å²) in [5, 5.41) is 0. The molecule has 3 rings (SSSR count). The second-order valence-corrected chi connectivity index (χ2v) is 8.44. The van der Waals surface area contributed by atoms with Crippen LogP contribution in [0.15, 0.2) is 53.4 Å². The van der Waals surface area contributed by atoms with E-state index in [1.807, 2.05) is 19.1 Å². The number of nitrogens with one attached hydrogen (secondary N) is 2. The zero-order chi connectivity index (χ0) is 20.9. The molecule has 154 valence electrons. The number of rotatable bonds is 5. The van der Waals surface area contributed by atoms with Gasteiger partial charge in [0.25, 0.3) is 11.8 Å². The van der Waals surface area contributed by atoms with Crippen molar-refractivity contribution >= 4 is 21.8 Å². The highest BCUT2D eigenvalue weighted by Crippen LogP contribution is 2.18. The number of sulfonamides is 1. The van der Waals surface area contributed by atoms with Crippen LogP contribution in [0.3, 0.4) is 0 Å². The van der Waals surface area contributed by atoms with E-state index >= 15 is 0 Å². The number of hydrogen-bond acceptors (Lipinski definition) is 5. The molecule has 2 aromatic rings. The van der Waals surface area contributed by atoms with E-state index < -0.39 is 21.8 Å². The molecule has 1 fully saturated rings. The SMILES string of the molecule is CCc1ccc(C(=O)NNC(=O)c2cccc(S(=O)(=O)N3CCOCC3)c2)cc1. The smallest absolute Gasteiger partial charge is 0.269 e. The lowest BCUT2D eigenvalue weighted by Gasteiger charge is -2.26. The summed E-state index contributed by atoms with van der Waals surface area (Å²) in [6.45, 7) is 3.23. The van der Waals surface area contributed by atoms with E-state index in [2.05, 4.69) is 10.9 Å². The summed E-state index contributed by atoms with van der Waals surface area (Å²) >= 11 is 0. The summed E-state index contributed by atoms with van der Waals surface area (Å²) in [7, 11) is -3.71. The maximum Gasteiger partial charge on any atom is 0.269 e. The Balaban J connectivity index is 1.66. The number of benzene rings is 2. The minimum Gasteiger partial charge on any atom is -0.379 e. The van der Waals surface area contributed by atoms with Gasteiger partial charge >= 0.3 is 0 Å². The van der Waals surface area contributed by atoms with Crippen LogP contribution in [0.25, 0.3) is 0 Å². The lowest BCUT2D eigenvalue weighted by atomic mass is 10.1. The lowest BCUT2D eigenvalue weighted by molar-refractivity contribution is 0.0730. The largest absolute Gasteiger partial charge is 0.379 e. The Hall–Kier alpha value is -2.75. The molecule has 0 bridgehead atoms. The first-order valence-corrected chi connectivity index (χ1v) is 10.7. The molecule has 9 heteroatoms. The highest BCUT2D eigenvalue weighted by molar-refractivity contribution is 7.89. The van der Waals surface area contributed by atoms with E-state index in [-0.39, 0.29) is 23.5 Å². The zero-order valence-corrected chi connectivity index (χ0v) is 16.9. The van der Waals surface area contributed by atoms with Crippen molar-refractivity contribution in [1.82, 2.24) is 15.2 Å². The van der Waals surface area contributed by atoms with Gasteiger partial charge in [-0.05, 0) is 42.3 Å². The topological polar surface area (TPSA) is 105 Å². The van der Waals surface area contributed by atoms with Crippen molar-refractivity contribution < 1.29 is 22.7 Å². The molecule has 2 amide bonds. The fourth-order valence-corrected chi connectivity index (χ4v) is 4.34. The van der Waals surface area contributed by atoms with Gasteiger partial charge in [0.1, 0.15) is 0 Å². The molecule has 0 radical (unpaired) electrons. The standard InChI is InChI=1S/C20H23N3O5S/c1-2-15-6-8-16(9-7-15)19(24)21-22-20(25)17-4-3-5-18(14-17)29(26,27)23-10-12-28-13-11-23/h3-9,14H,2,10-13H2,1H3,(H,21,24)(H,22,25). The van der Waals surface area contributed by atoms with Crippen molar-refractivity contribution in [3.8, 4) is 0 Å². The molecule has 2 N–H and O–H groups in total. The third-order valence-corrected chi connectivity index (χ3v) is 6.51. The maximum atomic E-state index is 12.7. The Labute approximate surface area is 169 Å². The van der Waals surface area contributed by atoms with Gasteiger partial charge in [-0.15, -0.1) is 0 Å². The van der Waals surface area contributed by atoms with Gasteiger partial charge < -0.3 is 4.74 Å². The highest BCUT2D eigenvalue weighted by Gasteiger charge is 2.26. The average molecular weight is 417 g/mol. The van der Waals surface area contributed by atoms with Crippen LogP contribution in [0, 0.1) is 0 Å². The number of amides is 2. The van der Waals surface area contributed by atoms with Gasteiger partial charge in [-0.3, -0.25) is 20.4 Å². The molecule has 2 aromatic carbocycles. The van der Waals surface area contributed by atoms with Crippen LogP contribution < -0.4 is 10.9 Å². The minimum absolute atomic E-state index is 0.0218. The monoisotopic (exact) mass is 417 g/mol. The van der Waals surface area contributed by atoms with Gasteiger partial charge in [0, 0.05) is 24.2 Å². The molecule has 1 saturated heterocycles. The zero-order valence-electron chi connectivity index (χ0n) is 16.1. The van der Waals surface area contributed by atoms with Crippen LogP contribution >= 0.6 is 0 Å². The molecule has 29 heavy (non-hydrogen) atoms. The molecular weight excluding hydrogens is 394 g/mol. The van der Waals surface area contributed by atoms with Crippen LogP contribution in [0.2, 0.25) is 0 Å². The molecule has 0 spiro atoms. The van der Waals surface area contributed by atoms with Gasteiger partial charge in [-0.1, -0.05) is 25.1 Å². The van der Waals surface area contributed by atoms with Crippen LogP contribution in [0.4, 0.5) is 0 Å². The second kappa shape index (κ2) is 9.17. The first-order chi connectivity index (χ1) is 13.9. The third kappa shape index (κ3) is 5.00. The Kier molecular flexibility index (Phi) is 6.63. The fraction of sp³-hybridized carbons (Fsp3) is 0.300. The van der Waals surface area contributed by atoms with Crippen LogP contribution in [0.1, 0.15) is 33.2 Å². The summed E-state index contributed by atoms with van der Waals surface area (Å²) in [4.78, 5) is 24.6. The van der Waals surface area contributed by atoms with Crippen molar-refractivity contribution in [2.24, 2.45) is 0 Å². The van der Waals surface area contributed by atoms with E-state index in [1.165, 1.54) is 28.6 Å². The van der Waals surface area contributed by atoms with Gasteiger partial charge in [-0.2, -0.15) is 4.31 Å². The van der Waals surface area contributed by atoms with Crippen LogP contribution in [-0.4, -0.2) is 50.8 Å². The molecule has 0 aliphatic carbocycles.